The van der Waals surface area contributed by atoms with Crippen molar-refractivity contribution in [2.75, 3.05) is 43.0 Å². The van der Waals surface area contributed by atoms with Crippen molar-refractivity contribution in [3.8, 4) is 0 Å². The largest absolute Gasteiger partial charge is 0.353 e. The predicted molar refractivity (Wildman–Crippen MR) is 114 cm³/mol. The molecule has 1 N–H and O–H groups in total. The Labute approximate surface area is 176 Å². The van der Waals surface area contributed by atoms with Gasteiger partial charge in [0.05, 0.1) is 0 Å². The predicted octanol–water partition coefficient (Wildman–Crippen LogP) is 2.01. The lowest BCUT2D eigenvalue weighted by molar-refractivity contribution is -0.122. The molecular weight excluding hydrogens is 388 g/mol. The Hall–Kier alpha value is -1.74. The molecule has 0 bridgehead atoms. The molecule has 9 heteroatoms. The minimum absolute atomic E-state index is 0.0774. The number of nitrogens with zero attached hydrogens (tertiary/aromatic N) is 5. The molecule has 0 spiro atoms. The molecule has 8 nitrogen and oxygen atoms in total. The van der Waals surface area contributed by atoms with E-state index in [-0.39, 0.29) is 17.9 Å². The third kappa shape index (κ3) is 4.71. The highest BCUT2D eigenvalue weighted by Gasteiger charge is 2.34. The zero-order valence-corrected chi connectivity index (χ0v) is 18.1. The normalized spacial score (nSPS) is 23.4. The Kier molecular flexibility index (Phi) is 6.64. The van der Waals surface area contributed by atoms with E-state index in [1.54, 1.807) is 4.90 Å². The summed E-state index contributed by atoms with van der Waals surface area (Å²) in [4.78, 5) is 30.9. The van der Waals surface area contributed by atoms with Gasteiger partial charge in [-0.15, -0.1) is 10.2 Å². The molecule has 0 aromatic carbocycles. The van der Waals surface area contributed by atoms with Crippen LogP contribution in [0.4, 0.5) is 10.3 Å². The Balaban J connectivity index is 1.29. The van der Waals surface area contributed by atoms with E-state index in [9.17, 15) is 9.59 Å². The van der Waals surface area contributed by atoms with Crippen molar-refractivity contribution in [3.63, 3.8) is 0 Å². The number of aromatic nitrogens is 2. The van der Waals surface area contributed by atoms with E-state index in [0.717, 1.165) is 37.5 Å². The van der Waals surface area contributed by atoms with E-state index in [1.165, 1.54) is 43.4 Å². The van der Waals surface area contributed by atoms with Crippen molar-refractivity contribution in [3.05, 3.63) is 0 Å². The van der Waals surface area contributed by atoms with Gasteiger partial charge in [-0.25, -0.2) is 0 Å². The first-order chi connectivity index (χ1) is 14.1. The summed E-state index contributed by atoms with van der Waals surface area (Å²) in [5.74, 6) is 0.194. The molecule has 2 amide bonds. The lowest BCUT2D eigenvalue weighted by atomic mass is 9.94. The quantitative estimate of drug-likeness (QED) is 0.727. The first-order valence-electron chi connectivity index (χ1n) is 11.0. The molecule has 1 aromatic rings. The van der Waals surface area contributed by atoms with Gasteiger partial charge in [-0.1, -0.05) is 30.6 Å². The zero-order valence-electron chi connectivity index (χ0n) is 17.3. The van der Waals surface area contributed by atoms with Gasteiger partial charge in [0.15, 0.2) is 0 Å². The van der Waals surface area contributed by atoms with Crippen LogP contribution in [0.15, 0.2) is 0 Å². The van der Waals surface area contributed by atoms with Gasteiger partial charge in [0.25, 0.3) is 0 Å². The fourth-order valence-electron chi connectivity index (χ4n) is 4.73. The smallest absolute Gasteiger partial charge is 0.242 e. The monoisotopic (exact) mass is 420 g/mol. The van der Waals surface area contributed by atoms with E-state index in [1.807, 2.05) is 0 Å². The van der Waals surface area contributed by atoms with Gasteiger partial charge in [0.1, 0.15) is 6.04 Å². The highest BCUT2D eigenvalue weighted by Crippen LogP contribution is 2.33. The number of likely N-dealkylation sites (N-methyl/N-ethyl adjacent to an activating group) is 1. The first-order valence-corrected chi connectivity index (χ1v) is 11.8. The van der Waals surface area contributed by atoms with Crippen LogP contribution in [0.2, 0.25) is 0 Å². The second-order valence-electron chi connectivity index (χ2n) is 8.43. The van der Waals surface area contributed by atoms with Crippen LogP contribution < -0.4 is 15.1 Å². The summed E-state index contributed by atoms with van der Waals surface area (Å²) in [7, 11) is 2.17. The number of rotatable bonds is 7. The van der Waals surface area contributed by atoms with Crippen LogP contribution in [0.25, 0.3) is 0 Å². The van der Waals surface area contributed by atoms with Crippen LogP contribution in [0.5, 0.6) is 0 Å². The fraction of sp³-hybridized carbons (Fsp3) is 0.800. The van der Waals surface area contributed by atoms with Crippen molar-refractivity contribution >= 4 is 33.4 Å². The molecule has 0 unspecified atom stereocenters. The summed E-state index contributed by atoms with van der Waals surface area (Å²) in [6, 6.07) is 0.474. The molecule has 160 valence electrons. The molecule has 3 aliphatic rings. The topological polar surface area (TPSA) is 81.7 Å². The SMILES string of the molecule is CN(CCNC(=O)[C@H]1CCCN1c1nnc(N2CCCC2=O)s1)C1CCCCC1. The van der Waals surface area contributed by atoms with Crippen LogP contribution >= 0.6 is 11.3 Å². The molecule has 2 aliphatic heterocycles. The molecule has 1 aromatic heterocycles. The van der Waals surface area contributed by atoms with Gasteiger partial charge in [0, 0.05) is 38.6 Å². The highest BCUT2D eigenvalue weighted by molar-refractivity contribution is 7.19. The summed E-state index contributed by atoms with van der Waals surface area (Å²) >= 11 is 1.42. The summed E-state index contributed by atoms with van der Waals surface area (Å²) in [6.45, 7) is 3.09. The van der Waals surface area contributed by atoms with E-state index >= 15 is 0 Å². The fourth-order valence-corrected chi connectivity index (χ4v) is 5.70. The van der Waals surface area contributed by atoms with Crippen molar-refractivity contribution < 1.29 is 9.59 Å². The minimum atomic E-state index is -0.190. The molecule has 1 aliphatic carbocycles. The van der Waals surface area contributed by atoms with Gasteiger partial charge in [0.2, 0.25) is 22.1 Å². The Morgan fingerprint density at radius 3 is 2.66 bits per heavy atom. The molecule has 3 fully saturated rings. The maximum Gasteiger partial charge on any atom is 0.242 e. The molecule has 1 saturated carbocycles. The zero-order chi connectivity index (χ0) is 20.2. The summed E-state index contributed by atoms with van der Waals surface area (Å²) in [5, 5.41) is 13.0. The van der Waals surface area contributed by atoms with Crippen molar-refractivity contribution in [1.82, 2.24) is 20.4 Å². The van der Waals surface area contributed by atoms with Crippen LogP contribution in [-0.4, -0.2) is 72.2 Å². The molecule has 4 rings (SSSR count). The third-order valence-electron chi connectivity index (χ3n) is 6.47. The average Bonchev–Trinajstić information content (AvgIpc) is 3.48. The molecule has 3 heterocycles. The summed E-state index contributed by atoms with van der Waals surface area (Å²) < 4.78 is 0. The van der Waals surface area contributed by atoms with Crippen molar-refractivity contribution in [1.29, 1.82) is 0 Å². The summed E-state index contributed by atoms with van der Waals surface area (Å²) in [5.41, 5.74) is 0. The van der Waals surface area contributed by atoms with Crippen molar-refractivity contribution in [2.45, 2.75) is 69.9 Å². The van der Waals surface area contributed by atoms with E-state index in [0.29, 0.717) is 30.7 Å². The van der Waals surface area contributed by atoms with Crippen LogP contribution in [0, 0.1) is 0 Å². The van der Waals surface area contributed by atoms with Crippen LogP contribution in [0.3, 0.4) is 0 Å². The summed E-state index contributed by atoms with van der Waals surface area (Å²) in [6.07, 6.45) is 9.82. The Morgan fingerprint density at radius 2 is 1.90 bits per heavy atom. The second kappa shape index (κ2) is 9.38. The molecule has 29 heavy (non-hydrogen) atoms. The number of carbonyl (C=O) groups excluding carboxylic acids is 2. The lowest BCUT2D eigenvalue weighted by Crippen LogP contribution is -2.46. The maximum absolute atomic E-state index is 12.8. The Bertz CT molecular complexity index is 720. The number of carbonyl (C=O) groups is 2. The van der Waals surface area contributed by atoms with E-state index in [4.69, 9.17) is 0 Å². The number of hydrogen-bond acceptors (Lipinski definition) is 7. The molecular formula is C20H32N6O2S. The molecule has 0 radical (unpaired) electrons. The van der Waals surface area contributed by atoms with Gasteiger partial charge in [-0.2, -0.15) is 0 Å². The van der Waals surface area contributed by atoms with Crippen LogP contribution in [-0.2, 0) is 9.59 Å². The number of anilines is 2. The standard InChI is InChI=1S/C20H32N6O2S/c1-24(15-7-3-2-4-8-15)14-11-21-18(28)16-9-5-12-25(16)19-22-23-20(29-19)26-13-6-10-17(26)27/h15-16H,2-14H2,1H3,(H,21,28)/t16-/m1/s1. The van der Waals surface area contributed by atoms with Crippen LogP contribution in [0.1, 0.15) is 57.8 Å². The van der Waals surface area contributed by atoms with Crippen molar-refractivity contribution in [2.24, 2.45) is 0 Å². The van der Waals surface area contributed by atoms with Gasteiger partial charge < -0.3 is 15.1 Å². The van der Waals surface area contributed by atoms with E-state index in [2.05, 4.69) is 32.4 Å². The minimum Gasteiger partial charge on any atom is -0.353 e. The molecule has 1 atom stereocenters. The maximum atomic E-state index is 12.8. The average molecular weight is 421 g/mol. The first kappa shape index (κ1) is 20.5. The van der Waals surface area contributed by atoms with Gasteiger partial charge in [-0.3, -0.25) is 14.5 Å². The number of amides is 2. The third-order valence-corrected chi connectivity index (χ3v) is 7.45. The van der Waals surface area contributed by atoms with Gasteiger partial charge >= 0.3 is 0 Å². The number of nitrogens with one attached hydrogen (secondary N) is 1. The lowest BCUT2D eigenvalue weighted by Gasteiger charge is -2.31. The second-order valence-corrected chi connectivity index (χ2v) is 9.37. The highest BCUT2D eigenvalue weighted by atomic mass is 32.1. The van der Waals surface area contributed by atoms with Gasteiger partial charge in [-0.05, 0) is 39.2 Å². The Morgan fingerprint density at radius 1 is 1.10 bits per heavy atom. The molecule has 2 saturated heterocycles. The van der Waals surface area contributed by atoms with E-state index < -0.39 is 0 Å². The number of hydrogen-bond donors (Lipinski definition) is 1.